The number of aliphatic hydroxyl groups excluding tert-OH is 1. The second-order valence-electron chi connectivity index (χ2n) is 14.1. The number of carbonyl (C=O) groups excluding carboxylic acids is 2. The van der Waals surface area contributed by atoms with E-state index in [0.29, 0.717) is 29.9 Å². The fraction of sp³-hybridized carbons (Fsp3) is 0.359. The van der Waals surface area contributed by atoms with Crippen molar-refractivity contribution in [1.29, 1.82) is 0 Å². The Hall–Kier alpha value is -4.58. The van der Waals surface area contributed by atoms with Crippen molar-refractivity contribution in [2.24, 2.45) is 5.92 Å². The van der Waals surface area contributed by atoms with Crippen molar-refractivity contribution in [1.82, 2.24) is 9.47 Å². The number of halogens is 1. The molecule has 0 unspecified atom stereocenters. The van der Waals surface area contributed by atoms with Gasteiger partial charge in [0.05, 0.1) is 44.5 Å². The van der Waals surface area contributed by atoms with Crippen LogP contribution in [0, 0.1) is 5.92 Å². The number of carbonyl (C=O) groups is 2. The van der Waals surface area contributed by atoms with E-state index in [4.69, 9.17) is 9.47 Å². The lowest BCUT2D eigenvalue weighted by atomic mass is 9.82. The van der Waals surface area contributed by atoms with Gasteiger partial charge in [0.2, 0.25) is 14.3 Å². The minimum Gasteiger partial charge on any atom is -0.491 e. The molecule has 11 heteroatoms. The summed E-state index contributed by atoms with van der Waals surface area (Å²) in [5.41, 5.74) is 2.00. The first kappa shape index (κ1) is 33.9. The maximum Gasteiger partial charge on any atom is 0.297 e. The third-order valence-corrected chi connectivity index (χ3v) is 13.3. The number of anilines is 1. The van der Waals surface area contributed by atoms with Crippen LogP contribution in [0.2, 0.25) is 18.6 Å². The van der Waals surface area contributed by atoms with Crippen LogP contribution in [-0.4, -0.2) is 60.7 Å². The van der Waals surface area contributed by atoms with Gasteiger partial charge >= 0.3 is 0 Å². The van der Waals surface area contributed by atoms with Gasteiger partial charge in [-0.05, 0) is 66.5 Å². The lowest BCUT2D eigenvalue weighted by molar-refractivity contribution is -0.151. The zero-order valence-corrected chi connectivity index (χ0v) is 29.7. The normalized spacial score (nSPS) is 24.4. The Morgan fingerprint density at radius 2 is 1.74 bits per heavy atom. The summed E-state index contributed by atoms with van der Waals surface area (Å²) in [5.74, 6) is -1.04. The molecule has 0 bridgehead atoms. The van der Waals surface area contributed by atoms with E-state index in [1.165, 1.54) is 11.7 Å². The van der Waals surface area contributed by atoms with Gasteiger partial charge in [-0.3, -0.25) is 19.0 Å². The van der Waals surface area contributed by atoms with Gasteiger partial charge in [-0.25, -0.2) is 0 Å². The van der Waals surface area contributed by atoms with Crippen molar-refractivity contribution < 1.29 is 28.3 Å². The summed E-state index contributed by atoms with van der Waals surface area (Å²) in [6.45, 7) is 5.46. The predicted octanol–water partition coefficient (Wildman–Crippen LogP) is 5.50. The van der Waals surface area contributed by atoms with Gasteiger partial charge in [0.1, 0.15) is 0 Å². The Kier molecular flexibility index (Phi) is 8.78. The molecule has 50 heavy (non-hydrogen) atoms. The van der Waals surface area contributed by atoms with E-state index >= 15 is 4.11 Å². The monoisotopic (exact) mass is 695 g/mol. The predicted molar refractivity (Wildman–Crippen MR) is 190 cm³/mol. The van der Waals surface area contributed by atoms with Gasteiger partial charge in [-0.2, -0.15) is 0 Å². The molecule has 3 aliphatic heterocycles. The number of pyridine rings is 1. The van der Waals surface area contributed by atoms with Crippen molar-refractivity contribution in [2.45, 2.75) is 69.2 Å². The van der Waals surface area contributed by atoms with E-state index in [1.54, 1.807) is 53.4 Å². The third-order valence-electron chi connectivity index (χ3n) is 10.8. The molecule has 260 valence electrons. The number of ether oxygens (including phenoxy) is 2. The van der Waals surface area contributed by atoms with Gasteiger partial charge in [-0.15, -0.1) is 0 Å². The molecule has 5 atom stereocenters. The van der Waals surface area contributed by atoms with Crippen LogP contribution in [0.3, 0.4) is 0 Å². The van der Waals surface area contributed by atoms with Crippen molar-refractivity contribution in [3.05, 3.63) is 124 Å². The van der Waals surface area contributed by atoms with Crippen LogP contribution in [0.1, 0.15) is 35.6 Å². The first-order valence-corrected chi connectivity index (χ1v) is 20.0. The topological polar surface area (TPSA) is 101 Å². The van der Waals surface area contributed by atoms with Crippen molar-refractivity contribution in [2.75, 3.05) is 18.6 Å². The lowest BCUT2D eigenvalue weighted by Crippen LogP contribution is -2.48. The molecule has 0 radical (unpaired) electrons. The Morgan fingerprint density at radius 1 is 1.02 bits per heavy atom. The smallest absolute Gasteiger partial charge is 0.297 e. The average molecular weight is 696 g/mol. The minimum atomic E-state index is -3.58. The number of fused-ring (bicyclic) bond motifs is 3. The molecule has 0 aliphatic carbocycles. The van der Waals surface area contributed by atoms with Gasteiger partial charge in [-0.1, -0.05) is 61.5 Å². The number of hydrogen-bond donors (Lipinski definition) is 1. The Bertz CT molecular complexity index is 2000. The van der Waals surface area contributed by atoms with Gasteiger partial charge in [0.15, 0.2) is 11.4 Å². The number of aromatic nitrogens is 1. The first-order chi connectivity index (χ1) is 24.0. The van der Waals surface area contributed by atoms with Crippen LogP contribution in [0.4, 0.5) is 9.80 Å². The van der Waals surface area contributed by atoms with E-state index in [2.05, 4.69) is 0 Å². The van der Waals surface area contributed by atoms with Gasteiger partial charge in [0, 0.05) is 35.5 Å². The molecular weight excluding hydrogens is 654 g/mol. The van der Waals surface area contributed by atoms with Crippen LogP contribution in [0.15, 0.2) is 95.9 Å². The zero-order chi connectivity index (χ0) is 35.4. The number of benzene rings is 3. The quantitative estimate of drug-likeness (QED) is 0.193. The highest BCUT2D eigenvalue weighted by Crippen LogP contribution is 2.60. The van der Waals surface area contributed by atoms with E-state index in [9.17, 15) is 19.5 Å². The lowest BCUT2D eigenvalue weighted by Gasteiger charge is -2.37. The molecule has 9 nitrogen and oxygen atoms in total. The summed E-state index contributed by atoms with van der Waals surface area (Å²) in [7, 11) is -2.14. The molecule has 0 saturated carbocycles. The largest absolute Gasteiger partial charge is 0.491 e. The number of nitrogens with zero attached hydrogens (tertiary/aromatic N) is 3. The second kappa shape index (κ2) is 12.9. The van der Waals surface area contributed by atoms with E-state index < -0.39 is 37.6 Å². The van der Waals surface area contributed by atoms with Crippen LogP contribution in [-0.2, 0) is 39.4 Å². The molecule has 4 heterocycles. The third kappa shape index (κ3) is 5.57. The molecule has 7 rings (SSSR count). The fourth-order valence-electron chi connectivity index (χ4n) is 8.47. The Morgan fingerprint density at radius 3 is 2.44 bits per heavy atom. The summed E-state index contributed by atoms with van der Waals surface area (Å²) in [4.78, 5) is 45.8. The number of hydrogen-bond acceptors (Lipinski definition) is 6. The van der Waals surface area contributed by atoms with Crippen LogP contribution in [0.5, 0.6) is 5.75 Å². The molecule has 1 fully saturated rings. The summed E-state index contributed by atoms with van der Waals surface area (Å²) >= 11 is 0. The molecule has 4 aromatic rings. The van der Waals surface area contributed by atoms with Crippen LogP contribution in [0.25, 0.3) is 5.69 Å². The molecule has 1 saturated heterocycles. The van der Waals surface area contributed by atoms with Gasteiger partial charge in [0.25, 0.3) is 11.5 Å². The van der Waals surface area contributed by atoms with Crippen molar-refractivity contribution >= 4 is 25.9 Å². The fourth-order valence-corrected chi connectivity index (χ4v) is 11.0. The summed E-state index contributed by atoms with van der Waals surface area (Å²) in [5, 5.41) is 10.3. The van der Waals surface area contributed by atoms with E-state index in [-0.39, 0.29) is 42.7 Å². The van der Waals surface area contributed by atoms with Crippen molar-refractivity contribution in [3.63, 3.8) is 0 Å². The maximum atomic E-state index is 16.6. The number of methoxy groups -OCH3 is 1. The van der Waals surface area contributed by atoms with E-state index in [1.807, 2.05) is 67.6 Å². The highest BCUT2D eigenvalue weighted by molar-refractivity contribution is 6.72. The van der Waals surface area contributed by atoms with Crippen molar-refractivity contribution in [3.8, 4) is 11.4 Å². The van der Waals surface area contributed by atoms with Crippen LogP contribution < -0.4 is 15.2 Å². The molecular formula is C39H42FN3O6Si. The maximum absolute atomic E-state index is 16.6. The first-order valence-electron chi connectivity index (χ1n) is 17.1. The number of amides is 2. The number of aliphatic hydroxyl groups is 1. The molecule has 1 aromatic heterocycles. The molecule has 3 aromatic carbocycles. The van der Waals surface area contributed by atoms with Gasteiger partial charge < -0.3 is 28.5 Å². The number of rotatable bonds is 8. The van der Waals surface area contributed by atoms with E-state index in [0.717, 1.165) is 16.7 Å². The SMILES string of the molecule is COc1cccn(-c2ccc3c(c2)[C@]2(O[C@@H](CC(=O)N4Cc5ccccc5C[C@H]4CO)[C@H]([Si](C)(C)F)[C@H]2C)C(=O)N3Cc2ccccc2)c1=O. The van der Waals surface area contributed by atoms with Crippen LogP contribution >= 0.6 is 0 Å². The summed E-state index contributed by atoms with van der Waals surface area (Å²) in [6.07, 6.45) is 1.13. The highest BCUT2D eigenvalue weighted by atomic mass is 28.4. The second-order valence-corrected chi connectivity index (χ2v) is 17.9. The molecule has 2 amide bonds. The Balaban J connectivity index is 1.31. The Labute approximate surface area is 292 Å². The molecule has 1 N–H and O–H groups in total. The zero-order valence-electron chi connectivity index (χ0n) is 28.7. The minimum absolute atomic E-state index is 0.133. The molecule has 1 spiro atoms. The summed E-state index contributed by atoms with van der Waals surface area (Å²) < 4.78 is 30.3. The standard InChI is InChI=1S/C39H42FN3O6Si/c1-25-36(50(3,4)40)34(21-35(45)42-23-28-14-9-8-13-27(28)19-30(42)24-44)49-39(25)31-20-29(41-18-10-15-33(48-2)37(41)46)16-17-32(31)43(38(39)47)22-26-11-6-5-7-12-26/h5-18,20,25,30,34,36,44H,19,21-24H2,1-4H3/t25-,30+,34+,36-,39+/m1/s1. The molecule has 3 aliphatic rings. The highest BCUT2D eigenvalue weighted by Gasteiger charge is 2.67. The average Bonchev–Trinajstić information content (AvgIpc) is 3.53. The summed E-state index contributed by atoms with van der Waals surface area (Å²) in [6, 6.07) is 25.7.